The number of phosphoric acid groups is 2. The van der Waals surface area contributed by atoms with Crippen molar-refractivity contribution in [3.05, 3.63) is 0 Å². The first kappa shape index (κ1) is 96.1. The molecule has 0 saturated heterocycles. The standard InChI is InChI=1S/C79H154O17P2/c1-7-10-12-14-16-18-20-21-23-27-31-38-44-50-56-62-77(82)90-68-74(95-78(83)63-57-51-45-39-32-28-25-22-24-26-30-35-41-47-53-59-71(4)5)69-93-97(85,86)91-65-73(80)66-92-98(87,88)94-70-75(67-89-76(81)61-55-49-43-37-29-19-17-15-13-11-8-2)96-79(84)64-58-52-46-40-34-33-36-42-48-54-60-72(6)9-3/h71-75,80H,7-70H2,1-6H3,(H,85,86)(H,87,88)/t72?,73-,74-,75-/m1/s1. The molecular weight excluding hydrogens is 1280 g/mol. The average Bonchev–Trinajstić information content (AvgIpc) is 0.992. The normalized spacial score (nSPS) is 14.2. The number of aliphatic hydroxyl groups is 1. The van der Waals surface area contributed by atoms with Crippen molar-refractivity contribution >= 4 is 39.5 Å². The monoisotopic (exact) mass is 1440 g/mol. The Bertz CT molecular complexity index is 1890. The van der Waals surface area contributed by atoms with E-state index in [1.165, 1.54) is 231 Å². The Morgan fingerprint density at radius 3 is 0.776 bits per heavy atom. The minimum atomic E-state index is -4.96. The number of unbranched alkanes of at least 4 members (excludes halogenated alkanes) is 47. The van der Waals surface area contributed by atoms with Crippen LogP contribution in [0.4, 0.5) is 0 Å². The maximum absolute atomic E-state index is 13.1. The summed E-state index contributed by atoms with van der Waals surface area (Å²) in [6.07, 6.45) is 59.4. The maximum Gasteiger partial charge on any atom is 0.472 e. The maximum atomic E-state index is 13.1. The average molecular weight is 1440 g/mol. The Balaban J connectivity index is 5.26. The zero-order chi connectivity index (χ0) is 72.1. The molecule has 19 heteroatoms. The Morgan fingerprint density at radius 2 is 0.520 bits per heavy atom. The van der Waals surface area contributed by atoms with Crippen molar-refractivity contribution in [3.8, 4) is 0 Å². The van der Waals surface area contributed by atoms with Crippen LogP contribution in [-0.2, 0) is 65.4 Å². The van der Waals surface area contributed by atoms with E-state index < -0.39 is 97.5 Å². The highest BCUT2D eigenvalue weighted by molar-refractivity contribution is 7.47. The molecule has 6 atom stereocenters. The van der Waals surface area contributed by atoms with Crippen LogP contribution in [0.5, 0.6) is 0 Å². The van der Waals surface area contributed by atoms with Gasteiger partial charge in [0.2, 0.25) is 0 Å². The summed E-state index contributed by atoms with van der Waals surface area (Å²) in [4.78, 5) is 73.0. The van der Waals surface area contributed by atoms with Crippen molar-refractivity contribution in [3.63, 3.8) is 0 Å². The molecule has 17 nitrogen and oxygen atoms in total. The second-order valence-electron chi connectivity index (χ2n) is 29.2. The van der Waals surface area contributed by atoms with Crippen LogP contribution in [-0.4, -0.2) is 96.7 Å². The van der Waals surface area contributed by atoms with E-state index in [0.29, 0.717) is 25.7 Å². The van der Waals surface area contributed by atoms with E-state index in [0.717, 1.165) is 102 Å². The van der Waals surface area contributed by atoms with Crippen LogP contribution in [0.2, 0.25) is 0 Å². The van der Waals surface area contributed by atoms with Gasteiger partial charge in [0.05, 0.1) is 26.4 Å². The third-order valence-corrected chi connectivity index (χ3v) is 20.7. The van der Waals surface area contributed by atoms with Crippen molar-refractivity contribution in [2.75, 3.05) is 39.6 Å². The van der Waals surface area contributed by atoms with Crippen LogP contribution in [0.3, 0.4) is 0 Å². The van der Waals surface area contributed by atoms with Gasteiger partial charge >= 0.3 is 39.5 Å². The van der Waals surface area contributed by atoms with Crippen LogP contribution in [0.25, 0.3) is 0 Å². The van der Waals surface area contributed by atoms with E-state index in [4.69, 9.17) is 37.0 Å². The molecule has 0 heterocycles. The lowest BCUT2D eigenvalue weighted by Gasteiger charge is -2.21. The summed E-state index contributed by atoms with van der Waals surface area (Å²) in [5.41, 5.74) is 0. The lowest BCUT2D eigenvalue weighted by molar-refractivity contribution is -0.161. The smallest absolute Gasteiger partial charge is 0.462 e. The fourth-order valence-corrected chi connectivity index (χ4v) is 13.7. The Hall–Kier alpha value is -1.94. The third-order valence-electron chi connectivity index (χ3n) is 18.8. The molecule has 582 valence electrons. The Kier molecular flexibility index (Phi) is 69.3. The van der Waals surface area contributed by atoms with Crippen molar-refractivity contribution in [1.29, 1.82) is 0 Å². The summed E-state index contributed by atoms with van der Waals surface area (Å²) in [6, 6.07) is 0. The van der Waals surface area contributed by atoms with Crippen LogP contribution in [0.15, 0.2) is 0 Å². The van der Waals surface area contributed by atoms with Crippen molar-refractivity contribution in [2.45, 2.75) is 432 Å². The first-order chi connectivity index (χ1) is 47.4. The number of esters is 4. The minimum Gasteiger partial charge on any atom is -0.462 e. The van der Waals surface area contributed by atoms with E-state index >= 15 is 0 Å². The zero-order valence-electron chi connectivity index (χ0n) is 64.1. The van der Waals surface area contributed by atoms with Gasteiger partial charge in [-0.1, -0.05) is 363 Å². The first-order valence-electron chi connectivity index (χ1n) is 41.0. The quantitative estimate of drug-likeness (QED) is 0.0222. The minimum absolute atomic E-state index is 0.107. The summed E-state index contributed by atoms with van der Waals surface area (Å²) in [6.45, 7) is 9.67. The number of aliphatic hydroxyl groups excluding tert-OH is 1. The summed E-state index contributed by atoms with van der Waals surface area (Å²) in [7, 11) is -9.92. The van der Waals surface area contributed by atoms with Gasteiger partial charge in [0, 0.05) is 25.7 Å². The fraction of sp³-hybridized carbons (Fsp3) is 0.949. The predicted molar refractivity (Wildman–Crippen MR) is 400 cm³/mol. The van der Waals surface area contributed by atoms with Gasteiger partial charge in [0.1, 0.15) is 19.3 Å². The highest BCUT2D eigenvalue weighted by Crippen LogP contribution is 2.45. The summed E-state index contributed by atoms with van der Waals surface area (Å²) in [5, 5.41) is 10.6. The van der Waals surface area contributed by atoms with E-state index in [2.05, 4.69) is 41.5 Å². The van der Waals surface area contributed by atoms with Crippen molar-refractivity contribution < 1.29 is 80.2 Å². The molecule has 0 aromatic heterocycles. The molecule has 0 aromatic carbocycles. The number of hydrogen-bond donors (Lipinski definition) is 3. The molecule has 0 amide bonds. The van der Waals surface area contributed by atoms with Gasteiger partial charge in [-0.15, -0.1) is 0 Å². The summed E-state index contributed by atoms with van der Waals surface area (Å²) < 4.78 is 68.7. The fourth-order valence-electron chi connectivity index (χ4n) is 12.2. The number of phosphoric ester groups is 2. The lowest BCUT2D eigenvalue weighted by atomic mass is 9.99. The molecule has 0 spiro atoms. The number of carbonyl (C=O) groups is 4. The van der Waals surface area contributed by atoms with Crippen LogP contribution >= 0.6 is 15.6 Å². The molecule has 0 aliphatic carbocycles. The molecule has 98 heavy (non-hydrogen) atoms. The van der Waals surface area contributed by atoms with Crippen LogP contribution < -0.4 is 0 Å². The molecule has 0 saturated carbocycles. The molecule has 0 aromatic rings. The molecule has 3 N–H and O–H groups in total. The second-order valence-corrected chi connectivity index (χ2v) is 32.1. The van der Waals surface area contributed by atoms with Crippen LogP contribution in [0, 0.1) is 11.8 Å². The van der Waals surface area contributed by atoms with Crippen LogP contribution in [0.1, 0.15) is 414 Å². The van der Waals surface area contributed by atoms with E-state index in [-0.39, 0.29) is 25.7 Å². The molecular formula is C79H154O17P2. The summed E-state index contributed by atoms with van der Waals surface area (Å²) >= 11 is 0. The highest BCUT2D eigenvalue weighted by atomic mass is 31.2. The second kappa shape index (κ2) is 70.7. The van der Waals surface area contributed by atoms with Gasteiger partial charge in [-0.25, -0.2) is 9.13 Å². The Labute approximate surface area is 600 Å². The van der Waals surface area contributed by atoms with E-state index in [1.807, 2.05) is 0 Å². The highest BCUT2D eigenvalue weighted by Gasteiger charge is 2.30. The van der Waals surface area contributed by atoms with Crippen molar-refractivity contribution in [1.82, 2.24) is 0 Å². The molecule has 0 aliphatic heterocycles. The first-order valence-corrected chi connectivity index (χ1v) is 44.0. The molecule has 0 fully saturated rings. The number of rotatable bonds is 78. The SMILES string of the molecule is CCCCCCCCCCCCCCCCCC(=O)OC[C@H](COP(=O)(O)OC[C@@H](O)COP(=O)(O)OC[C@@H](COC(=O)CCCCCCCCCCCCC)OC(=O)CCCCCCCCCCCCC(C)CC)OC(=O)CCCCCCCCCCCCCCCCCC(C)C. The van der Waals surface area contributed by atoms with Crippen molar-refractivity contribution in [2.24, 2.45) is 11.8 Å². The number of hydrogen-bond acceptors (Lipinski definition) is 15. The number of carbonyl (C=O) groups excluding carboxylic acids is 4. The predicted octanol–water partition coefficient (Wildman–Crippen LogP) is 23.5. The van der Waals surface area contributed by atoms with Gasteiger partial charge < -0.3 is 33.8 Å². The van der Waals surface area contributed by atoms with Gasteiger partial charge in [0.15, 0.2) is 12.2 Å². The van der Waals surface area contributed by atoms with Gasteiger partial charge in [-0.05, 0) is 37.5 Å². The topological polar surface area (TPSA) is 237 Å². The molecule has 0 aliphatic rings. The lowest BCUT2D eigenvalue weighted by Crippen LogP contribution is -2.30. The van der Waals surface area contributed by atoms with Gasteiger partial charge in [-0.2, -0.15) is 0 Å². The zero-order valence-corrected chi connectivity index (χ0v) is 65.9. The van der Waals surface area contributed by atoms with Gasteiger partial charge in [-0.3, -0.25) is 37.3 Å². The number of ether oxygens (including phenoxy) is 4. The van der Waals surface area contributed by atoms with Gasteiger partial charge in [0.25, 0.3) is 0 Å². The van der Waals surface area contributed by atoms with E-state index in [1.54, 1.807) is 0 Å². The molecule has 0 radical (unpaired) electrons. The Morgan fingerprint density at radius 1 is 0.296 bits per heavy atom. The third kappa shape index (κ3) is 71.1. The molecule has 3 unspecified atom stereocenters. The molecule has 0 rings (SSSR count). The largest absolute Gasteiger partial charge is 0.472 e. The summed E-state index contributed by atoms with van der Waals surface area (Å²) in [5.74, 6) is -0.503. The molecule has 0 bridgehead atoms. The van der Waals surface area contributed by atoms with E-state index in [9.17, 15) is 43.2 Å².